The summed E-state index contributed by atoms with van der Waals surface area (Å²) in [5.74, 6) is 1.09. The van der Waals surface area contributed by atoms with Gasteiger partial charge in [-0.2, -0.15) is 0 Å². The lowest BCUT2D eigenvalue weighted by Crippen LogP contribution is -2.49. The number of carbonyl (C=O) groups excluding carboxylic acids is 1. The highest BCUT2D eigenvalue weighted by atomic mass is 19.1. The molecular formula is C19H19FN4O3. The predicted molar refractivity (Wildman–Crippen MR) is 97.7 cm³/mol. The molecular weight excluding hydrogens is 351 g/mol. The van der Waals surface area contributed by atoms with Gasteiger partial charge in [0, 0.05) is 50.7 Å². The molecule has 3 aromatic rings. The van der Waals surface area contributed by atoms with Crippen molar-refractivity contribution in [2.24, 2.45) is 0 Å². The summed E-state index contributed by atoms with van der Waals surface area (Å²) in [6.07, 6.45) is 4.84. The molecule has 1 amide bonds. The van der Waals surface area contributed by atoms with Gasteiger partial charge in [0.1, 0.15) is 17.0 Å². The third-order valence-electron chi connectivity index (χ3n) is 4.64. The summed E-state index contributed by atoms with van der Waals surface area (Å²) in [6.45, 7) is 3.21. The number of halogens is 1. The van der Waals surface area contributed by atoms with E-state index in [1.807, 2.05) is 17.9 Å². The van der Waals surface area contributed by atoms with Gasteiger partial charge in [-0.15, -0.1) is 0 Å². The minimum absolute atomic E-state index is 0.0807. The maximum Gasteiger partial charge on any atom is 0.257 e. The Labute approximate surface area is 155 Å². The molecule has 0 N–H and O–H groups in total. The second-order valence-corrected chi connectivity index (χ2v) is 6.31. The number of rotatable bonds is 4. The van der Waals surface area contributed by atoms with E-state index in [2.05, 4.69) is 9.97 Å². The van der Waals surface area contributed by atoms with Crippen LogP contribution in [0.3, 0.4) is 0 Å². The number of aryl methyl sites for hydroxylation is 1. The molecule has 4 heterocycles. The number of ether oxygens (including phenoxy) is 1. The maximum atomic E-state index is 13.0. The number of anilines is 1. The summed E-state index contributed by atoms with van der Waals surface area (Å²) in [5.41, 5.74) is 2.45. The van der Waals surface area contributed by atoms with Crippen LogP contribution in [0.2, 0.25) is 0 Å². The van der Waals surface area contributed by atoms with Crippen molar-refractivity contribution in [3.63, 3.8) is 0 Å². The molecule has 1 aliphatic heterocycles. The van der Waals surface area contributed by atoms with Crippen LogP contribution in [0, 0.1) is 6.92 Å². The zero-order chi connectivity index (χ0) is 18.8. The van der Waals surface area contributed by atoms with E-state index in [1.165, 1.54) is 0 Å². The van der Waals surface area contributed by atoms with Crippen molar-refractivity contribution >= 4 is 22.7 Å². The van der Waals surface area contributed by atoms with Crippen molar-refractivity contribution in [2.45, 2.75) is 6.92 Å². The Morgan fingerprint density at radius 3 is 2.85 bits per heavy atom. The van der Waals surface area contributed by atoms with Crippen LogP contribution >= 0.6 is 0 Å². The molecule has 1 aliphatic rings. The average molecular weight is 370 g/mol. The molecule has 0 aliphatic carbocycles. The first kappa shape index (κ1) is 17.3. The van der Waals surface area contributed by atoms with Crippen molar-refractivity contribution in [2.75, 3.05) is 37.9 Å². The van der Waals surface area contributed by atoms with Crippen LogP contribution in [-0.2, 0) is 0 Å². The van der Waals surface area contributed by atoms with Crippen LogP contribution < -0.4 is 9.64 Å². The Hall–Kier alpha value is -3.16. The van der Waals surface area contributed by atoms with Crippen LogP contribution in [0.25, 0.3) is 11.1 Å². The van der Waals surface area contributed by atoms with Gasteiger partial charge < -0.3 is 19.0 Å². The highest BCUT2D eigenvalue weighted by Crippen LogP contribution is 2.28. The molecule has 0 unspecified atom stereocenters. The van der Waals surface area contributed by atoms with Crippen molar-refractivity contribution in [3.8, 4) is 5.75 Å². The molecule has 4 rings (SSSR count). The summed E-state index contributed by atoms with van der Waals surface area (Å²) in [7, 11) is 0. The summed E-state index contributed by atoms with van der Waals surface area (Å²) in [5, 5.41) is 0. The SMILES string of the molecule is Cc1cc2nccc(C(=O)N3CCN(c4cnccc4OCF)CC3)c2o1. The molecule has 0 saturated carbocycles. The van der Waals surface area contributed by atoms with Crippen LogP contribution in [0.5, 0.6) is 5.75 Å². The number of amides is 1. The second-order valence-electron chi connectivity index (χ2n) is 6.31. The van der Waals surface area contributed by atoms with E-state index in [9.17, 15) is 9.18 Å². The normalized spacial score (nSPS) is 14.6. The smallest absolute Gasteiger partial charge is 0.257 e. The Balaban J connectivity index is 1.50. The van der Waals surface area contributed by atoms with E-state index >= 15 is 0 Å². The first-order chi connectivity index (χ1) is 13.2. The van der Waals surface area contributed by atoms with Gasteiger partial charge in [0.25, 0.3) is 5.91 Å². The molecule has 0 radical (unpaired) electrons. The van der Waals surface area contributed by atoms with Gasteiger partial charge in [0.2, 0.25) is 6.86 Å². The highest BCUT2D eigenvalue weighted by Gasteiger charge is 2.26. The number of nitrogens with zero attached hydrogens (tertiary/aromatic N) is 4. The fraction of sp³-hybridized carbons (Fsp3) is 0.316. The van der Waals surface area contributed by atoms with Gasteiger partial charge in [0.05, 0.1) is 17.4 Å². The predicted octanol–water partition coefficient (Wildman–Crippen LogP) is 2.80. The van der Waals surface area contributed by atoms with Gasteiger partial charge in [-0.05, 0) is 13.0 Å². The monoisotopic (exact) mass is 370 g/mol. The molecule has 0 aromatic carbocycles. The van der Waals surface area contributed by atoms with Crippen LogP contribution in [0.1, 0.15) is 16.1 Å². The molecule has 0 spiro atoms. The van der Waals surface area contributed by atoms with Gasteiger partial charge in [-0.1, -0.05) is 0 Å². The number of piperazine rings is 1. The first-order valence-electron chi connectivity index (χ1n) is 8.69. The summed E-state index contributed by atoms with van der Waals surface area (Å²) < 4.78 is 23.3. The number of hydrogen-bond acceptors (Lipinski definition) is 6. The zero-order valence-electron chi connectivity index (χ0n) is 14.9. The van der Waals surface area contributed by atoms with Gasteiger partial charge in [-0.25, -0.2) is 4.39 Å². The van der Waals surface area contributed by atoms with Crippen molar-refractivity contribution in [1.29, 1.82) is 0 Å². The molecule has 8 heteroatoms. The fourth-order valence-electron chi connectivity index (χ4n) is 3.34. The lowest BCUT2D eigenvalue weighted by Gasteiger charge is -2.36. The second kappa shape index (κ2) is 7.22. The van der Waals surface area contributed by atoms with Crippen molar-refractivity contribution < 1.29 is 18.3 Å². The number of aromatic nitrogens is 2. The Bertz CT molecular complexity index is 966. The third-order valence-corrected chi connectivity index (χ3v) is 4.64. The maximum absolute atomic E-state index is 13.0. The minimum atomic E-state index is -0.893. The average Bonchev–Trinajstić information content (AvgIpc) is 3.08. The number of carbonyl (C=O) groups is 1. The number of fused-ring (bicyclic) bond motifs is 1. The summed E-state index contributed by atoms with van der Waals surface area (Å²) in [4.78, 5) is 25.1. The number of hydrogen-bond donors (Lipinski definition) is 0. The topological polar surface area (TPSA) is 71.7 Å². The van der Waals surface area contributed by atoms with E-state index < -0.39 is 6.86 Å². The Kier molecular flexibility index (Phi) is 4.62. The van der Waals surface area contributed by atoms with Crippen molar-refractivity contribution in [1.82, 2.24) is 14.9 Å². The number of furan rings is 1. The van der Waals surface area contributed by atoms with E-state index in [0.717, 1.165) is 11.4 Å². The lowest BCUT2D eigenvalue weighted by molar-refractivity contribution is 0.0747. The van der Waals surface area contributed by atoms with E-state index in [4.69, 9.17) is 9.15 Å². The van der Waals surface area contributed by atoms with Gasteiger partial charge in [-0.3, -0.25) is 14.8 Å². The summed E-state index contributed by atoms with van der Waals surface area (Å²) >= 11 is 0. The highest BCUT2D eigenvalue weighted by molar-refractivity contribution is 6.04. The Morgan fingerprint density at radius 2 is 2.07 bits per heavy atom. The molecule has 1 fully saturated rings. The minimum Gasteiger partial charge on any atom is -0.461 e. The largest absolute Gasteiger partial charge is 0.461 e. The molecule has 0 atom stereocenters. The van der Waals surface area contributed by atoms with E-state index in [-0.39, 0.29) is 5.91 Å². The first-order valence-corrected chi connectivity index (χ1v) is 8.69. The van der Waals surface area contributed by atoms with Crippen LogP contribution in [0.15, 0.2) is 41.2 Å². The zero-order valence-corrected chi connectivity index (χ0v) is 14.9. The number of alkyl halides is 1. The molecule has 1 saturated heterocycles. The molecule has 0 bridgehead atoms. The molecule has 7 nitrogen and oxygen atoms in total. The molecule has 27 heavy (non-hydrogen) atoms. The van der Waals surface area contributed by atoms with Crippen LogP contribution in [0.4, 0.5) is 10.1 Å². The number of pyridine rings is 2. The quantitative estimate of drug-likeness (QED) is 0.703. The molecule has 140 valence electrons. The van der Waals surface area contributed by atoms with Crippen LogP contribution in [-0.4, -0.2) is 53.8 Å². The molecule has 3 aromatic heterocycles. The third kappa shape index (κ3) is 3.30. The Morgan fingerprint density at radius 1 is 1.26 bits per heavy atom. The van der Waals surface area contributed by atoms with E-state index in [1.54, 1.807) is 35.6 Å². The summed E-state index contributed by atoms with van der Waals surface area (Å²) in [6, 6.07) is 5.15. The fourth-order valence-corrected chi connectivity index (χ4v) is 3.34. The van der Waals surface area contributed by atoms with Crippen molar-refractivity contribution in [3.05, 3.63) is 48.1 Å². The van der Waals surface area contributed by atoms with Gasteiger partial charge in [0.15, 0.2) is 5.58 Å². The van der Waals surface area contributed by atoms with Gasteiger partial charge >= 0.3 is 0 Å². The van der Waals surface area contributed by atoms with E-state index in [0.29, 0.717) is 48.6 Å². The standard InChI is InChI=1S/C19H19FN4O3/c1-13-10-15-18(27-13)14(2-5-22-15)19(25)24-8-6-23(7-9-24)16-11-21-4-3-17(16)26-12-20/h2-5,10-11H,6-9,12H2,1H3. The lowest BCUT2D eigenvalue weighted by atomic mass is 10.2.